The summed E-state index contributed by atoms with van der Waals surface area (Å²) < 4.78 is 5.16. The number of nitrogens with zero attached hydrogens (tertiary/aromatic N) is 4. The Bertz CT molecular complexity index is 1130. The highest BCUT2D eigenvalue weighted by atomic mass is 16.5. The molecule has 1 amide bonds. The van der Waals surface area contributed by atoms with Gasteiger partial charge in [0.2, 0.25) is 11.9 Å². The maximum atomic E-state index is 12.6. The lowest BCUT2D eigenvalue weighted by molar-refractivity contribution is 0.102. The van der Waals surface area contributed by atoms with E-state index in [0.29, 0.717) is 29.4 Å². The minimum atomic E-state index is -0.317. The molecule has 0 spiro atoms. The number of carbonyl (C=O) groups excluding carboxylic acids is 1. The van der Waals surface area contributed by atoms with E-state index in [1.54, 1.807) is 43.8 Å². The van der Waals surface area contributed by atoms with Crippen LogP contribution in [0.15, 0.2) is 67.0 Å². The molecule has 4 aromatic rings. The number of nitrogens with one attached hydrogen (secondary N) is 3. The third-order valence-corrected chi connectivity index (χ3v) is 4.23. The number of methoxy groups -OCH3 is 1. The van der Waals surface area contributed by atoms with Crippen LogP contribution in [0.1, 0.15) is 21.7 Å². The zero-order valence-electron chi connectivity index (χ0n) is 16.2. The molecule has 0 aliphatic rings. The summed E-state index contributed by atoms with van der Waals surface area (Å²) in [7, 11) is 1.63. The molecule has 0 bridgehead atoms. The average molecular weight is 401 g/mol. The summed E-state index contributed by atoms with van der Waals surface area (Å²) >= 11 is 0. The number of amides is 1. The molecular formula is C21H19N7O2. The van der Waals surface area contributed by atoms with Crippen LogP contribution in [-0.4, -0.2) is 38.2 Å². The van der Waals surface area contributed by atoms with E-state index in [2.05, 4.69) is 35.8 Å². The third kappa shape index (κ3) is 4.76. The van der Waals surface area contributed by atoms with Gasteiger partial charge in [0.15, 0.2) is 0 Å². The highest BCUT2D eigenvalue weighted by molar-refractivity contribution is 6.03. The molecule has 0 radical (unpaired) electrons. The minimum absolute atomic E-state index is 0.216. The Kier molecular flexibility index (Phi) is 5.61. The Labute approximate surface area is 172 Å². The fraction of sp³-hybridized carbons (Fsp3) is 0.0952. The van der Waals surface area contributed by atoms with Gasteiger partial charge in [0, 0.05) is 30.1 Å². The first-order chi connectivity index (χ1) is 14.7. The van der Waals surface area contributed by atoms with Gasteiger partial charge in [-0.15, -0.1) is 5.10 Å². The number of anilines is 3. The van der Waals surface area contributed by atoms with Crippen LogP contribution in [0.2, 0.25) is 0 Å². The van der Waals surface area contributed by atoms with Crippen molar-refractivity contribution in [1.82, 2.24) is 25.1 Å². The van der Waals surface area contributed by atoms with Gasteiger partial charge in [-0.3, -0.25) is 15.2 Å². The molecule has 0 saturated heterocycles. The van der Waals surface area contributed by atoms with E-state index in [0.717, 1.165) is 11.3 Å². The molecule has 9 heteroatoms. The zero-order valence-corrected chi connectivity index (χ0v) is 16.2. The second kappa shape index (κ2) is 8.82. The Morgan fingerprint density at radius 3 is 2.60 bits per heavy atom. The van der Waals surface area contributed by atoms with Crippen molar-refractivity contribution in [3.05, 3.63) is 83.9 Å². The number of benzene rings is 2. The molecule has 0 fully saturated rings. The van der Waals surface area contributed by atoms with Crippen molar-refractivity contribution < 1.29 is 9.53 Å². The van der Waals surface area contributed by atoms with Crippen LogP contribution in [0.5, 0.6) is 5.75 Å². The molecule has 0 saturated carbocycles. The van der Waals surface area contributed by atoms with Crippen molar-refractivity contribution in [1.29, 1.82) is 0 Å². The van der Waals surface area contributed by atoms with Crippen LogP contribution >= 0.6 is 0 Å². The molecule has 0 aliphatic heterocycles. The second-order valence-electron chi connectivity index (χ2n) is 6.36. The van der Waals surface area contributed by atoms with Gasteiger partial charge in [-0.1, -0.05) is 18.2 Å². The number of ether oxygens (including phenoxy) is 1. The van der Waals surface area contributed by atoms with Crippen LogP contribution < -0.4 is 15.4 Å². The van der Waals surface area contributed by atoms with E-state index in [1.165, 1.54) is 0 Å². The lowest BCUT2D eigenvalue weighted by Crippen LogP contribution is -2.13. The number of aromatic amines is 1. The van der Waals surface area contributed by atoms with Gasteiger partial charge in [-0.25, -0.2) is 9.97 Å². The maximum absolute atomic E-state index is 12.6. The minimum Gasteiger partial charge on any atom is -0.497 e. The molecule has 4 rings (SSSR count). The summed E-state index contributed by atoms with van der Waals surface area (Å²) in [6, 6.07) is 16.4. The van der Waals surface area contributed by atoms with E-state index in [4.69, 9.17) is 4.74 Å². The summed E-state index contributed by atoms with van der Waals surface area (Å²) in [5, 5.41) is 12.7. The molecule has 3 N–H and O–H groups in total. The van der Waals surface area contributed by atoms with Gasteiger partial charge in [0.1, 0.15) is 11.6 Å². The lowest BCUT2D eigenvalue weighted by Gasteiger charge is -2.06. The first-order valence-electron chi connectivity index (χ1n) is 9.19. The summed E-state index contributed by atoms with van der Waals surface area (Å²) in [6.45, 7) is 0. The van der Waals surface area contributed by atoms with Crippen LogP contribution in [0.3, 0.4) is 0 Å². The van der Waals surface area contributed by atoms with Gasteiger partial charge >= 0.3 is 0 Å². The third-order valence-electron chi connectivity index (χ3n) is 4.23. The molecule has 0 unspecified atom stereocenters. The van der Waals surface area contributed by atoms with Gasteiger partial charge in [0.25, 0.3) is 5.91 Å². The number of carbonyl (C=O) groups is 1. The SMILES string of the molecule is COc1ccc(Cc2nc(NC(=O)c3cccc(Nc4ncccn4)c3)n[nH]2)cc1. The molecule has 0 aliphatic carbocycles. The predicted octanol–water partition coefficient (Wildman–Crippen LogP) is 3.19. The number of hydrogen-bond acceptors (Lipinski definition) is 7. The maximum Gasteiger partial charge on any atom is 0.258 e. The molecule has 2 aromatic carbocycles. The van der Waals surface area contributed by atoms with Gasteiger partial charge in [0.05, 0.1) is 7.11 Å². The molecule has 0 atom stereocenters. The second-order valence-corrected chi connectivity index (χ2v) is 6.36. The van der Waals surface area contributed by atoms with Gasteiger partial charge < -0.3 is 10.1 Å². The molecule has 9 nitrogen and oxygen atoms in total. The predicted molar refractivity (Wildman–Crippen MR) is 112 cm³/mol. The fourth-order valence-corrected chi connectivity index (χ4v) is 2.77. The van der Waals surface area contributed by atoms with Crippen molar-refractivity contribution in [2.45, 2.75) is 6.42 Å². The summed E-state index contributed by atoms with van der Waals surface area (Å²) in [6.07, 6.45) is 3.83. The highest BCUT2D eigenvalue weighted by Gasteiger charge is 2.11. The first-order valence-corrected chi connectivity index (χ1v) is 9.19. The van der Waals surface area contributed by atoms with E-state index in [9.17, 15) is 4.79 Å². The van der Waals surface area contributed by atoms with Crippen molar-refractivity contribution in [2.75, 3.05) is 17.7 Å². The molecule has 150 valence electrons. The van der Waals surface area contributed by atoms with Crippen molar-refractivity contribution in [3.63, 3.8) is 0 Å². The standard InChI is InChI=1S/C21H19N7O2/c1-30-17-8-6-14(7-9-17)12-18-25-21(28-27-18)26-19(29)15-4-2-5-16(13-15)24-20-22-10-3-11-23-20/h2-11,13H,12H2,1H3,(H,22,23,24)(H2,25,26,27,28,29). The van der Waals surface area contributed by atoms with Crippen LogP contribution in [0.4, 0.5) is 17.6 Å². The van der Waals surface area contributed by atoms with Crippen LogP contribution in [0.25, 0.3) is 0 Å². The Morgan fingerprint density at radius 2 is 1.83 bits per heavy atom. The largest absolute Gasteiger partial charge is 0.497 e. The summed E-state index contributed by atoms with van der Waals surface area (Å²) in [5.74, 6) is 1.79. The van der Waals surface area contributed by atoms with E-state index < -0.39 is 0 Å². The monoisotopic (exact) mass is 401 g/mol. The number of hydrogen-bond donors (Lipinski definition) is 3. The first kappa shape index (κ1) is 19.1. The Hall–Kier alpha value is -4.27. The Morgan fingerprint density at radius 1 is 1.03 bits per heavy atom. The zero-order chi connectivity index (χ0) is 20.8. The fourth-order valence-electron chi connectivity index (χ4n) is 2.77. The molecule has 2 aromatic heterocycles. The van der Waals surface area contributed by atoms with Crippen LogP contribution in [0, 0.1) is 0 Å². The van der Waals surface area contributed by atoms with E-state index >= 15 is 0 Å². The summed E-state index contributed by atoms with van der Waals surface area (Å²) in [4.78, 5) is 25.1. The van der Waals surface area contributed by atoms with Gasteiger partial charge in [-0.2, -0.15) is 4.98 Å². The van der Waals surface area contributed by atoms with Crippen molar-refractivity contribution in [2.24, 2.45) is 0 Å². The number of rotatable bonds is 7. The lowest BCUT2D eigenvalue weighted by atomic mass is 10.1. The summed E-state index contributed by atoms with van der Waals surface area (Å²) in [5.41, 5.74) is 2.20. The highest BCUT2D eigenvalue weighted by Crippen LogP contribution is 2.16. The molecular weight excluding hydrogens is 382 g/mol. The van der Waals surface area contributed by atoms with Crippen LogP contribution in [-0.2, 0) is 6.42 Å². The number of H-pyrrole nitrogens is 1. The van der Waals surface area contributed by atoms with E-state index in [1.807, 2.05) is 30.3 Å². The molecule has 2 heterocycles. The van der Waals surface area contributed by atoms with Crippen molar-refractivity contribution >= 4 is 23.5 Å². The Balaban J connectivity index is 1.40. The average Bonchev–Trinajstić information content (AvgIpc) is 3.22. The molecule has 30 heavy (non-hydrogen) atoms. The number of aromatic nitrogens is 5. The van der Waals surface area contributed by atoms with E-state index in [-0.39, 0.29) is 11.9 Å². The van der Waals surface area contributed by atoms with Crippen molar-refractivity contribution in [3.8, 4) is 5.75 Å². The normalized spacial score (nSPS) is 10.4. The topological polar surface area (TPSA) is 118 Å². The quantitative estimate of drug-likeness (QED) is 0.435. The van der Waals surface area contributed by atoms with Gasteiger partial charge in [-0.05, 0) is 42.0 Å². The smallest absolute Gasteiger partial charge is 0.258 e.